The third kappa shape index (κ3) is 4.34. The van der Waals surface area contributed by atoms with Crippen LogP contribution in [0.2, 0.25) is 0 Å². The predicted molar refractivity (Wildman–Crippen MR) is 136 cm³/mol. The summed E-state index contributed by atoms with van der Waals surface area (Å²) in [5.74, 6) is -1.25. The lowest BCUT2D eigenvalue weighted by atomic mass is 9.85. The van der Waals surface area contributed by atoms with Crippen molar-refractivity contribution in [1.82, 2.24) is 9.97 Å². The first-order valence-corrected chi connectivity index (χ1v) is 12.7. The molecule has 36 heavy (non-hydrogen) atoms. The number of pyridine rings is 2. The molecule has 2 aliphatic rings. The minimum Gasteiger partial charge on any atom is -0.490 e. The Morgan fingerprint density at radius 2 is 1.86 bits per heavy atom. The fourth-order valence-electron chi connectivity index (χ4n) is 5.55. The van der Waals surface area contributed by atoms with Gasteiger partial charge in [-0.15, -0.1) is 0 Å². The van der Waals surface area contributed by atoms with E-state index in [1.54, 1.807) is 6.92 Å². The van der Waals surface area contributed by atoms with Crippen LogP contribution in [0, 0.1) is 19.7 Å². The number of aliphatic carboxylic acids is 1. The molecule has 0 bridgehead atoms. The summed E-state index contributed by atoms with van der Waals surface area (Å²) in [6.07, 6.45) is 4.21. The minimum absolute atomic E-state index is 0.301. The topological polar surface area (TPSA) is 81.5 Å². The van der Waals surface area contributed by atoms with Crippen LogP contribution in [0.4, 0.5) is 4.39 Å². The second-order valence-corrected chi connectivity index (χ2v) is 10.9. The van der Waals surface area contributed by atoms with Gasteiger partial charge in [0, 0.05) is 33.5 Å². The fraction of sp³-hybridized carbons (Fsp3) is 0.483. The monoisotopic (exact) mass is 492 g/mol. The highest BCUT2D eigenvalue weighted by Gasteiger charge is 2.34. The SMILES string of the molecule is Cc1nc2nc3c(cc2c(-c2cc(F)c4c(c2C)CCCO4)c1C(OC(C)(C)C)C(=O)O)CCCC3. The Labute approximate surface area is 210 Å². The summed E-state index contributed by atoms with van der Waals surface area (Å²) in [4.78, 5) is 22.3. The maximum Gasteiger partial charge on any atom is 0.337 e. The molecule has 3 aromatic rings. The van der Waals surface area contributed by atoms with E-state index < -0.39 is 23.5 Å². The molecule has 6 nitrogen and oxygen atoms in total. The predicted octanol–water partition coefficient (Wildman–Crippen LogP) is 6.20. The molecule has 2 aromatic heterocycles. The number of hydrogen-bond acceptors (Lipinski definition) is 5. The lowest BCUT2D eigenvalue weighted by molar-refractivity contribution is -0.160. The van der Waals surface area contributed by atoms with Gasteiger partial charge in [0.2, 0.25) is 0 Å². The van der Waals surface area contributed by atoms with Crippen LogP contribution in [0.3, 0.4) is 0 Å². The summed E-state index contributed by atoms with van der Waals surface area (Å²) in [6.45, 7) is 9.71. The number of nitrogens with zero attached hydrogens (tertiary/aromatic N) is 2. The number of halogens is 1. The van der Waals surface area contributed by atoms with Gasteiger partial charge in [0.15, 0.2) is 23.3 Å². The Morgan fingerprint density at radius 1 is 1.11 bits per heavy atom. The van der Waals surface area contributed by atoms with Gasteiger partial charge in [-0.3, -0.25) is 0 Å². The standard InChI is InChI=1S/C29H33FN2O4/c1-15-18-10-8-12-35-25(18)21(30)14-19(15)24-20-13-17-9-6-7-11-22(17)32-27(20)31-16(2)23(24)26(28(33)34)36-29(3,4)5/h13-14,26H,6-12H2,1-5H3,(H,33,34). The van der Waals surface area contributed by atoms with Crippen molar-refractivity contribution in [3.8, 4) is 16.9 Å². The number of carboxylic acids is 1. The van der Waals surface area contributed by atoms with E-state index in [2.05, 4.69) is 6.07 Å². The number of carboxylic acid groups (broad SMARTS) is 1. The summed E-state index contributed by atoms with van der Waals surface area (Å²) < 4.78 is 27.2. The van der Waals surface area contributed by atoms with Gasteiger partial charge in [-0.25, -0.2) is 19.2 Å². The fourth-order valence-corrected chi connectivity index (χ4v) is 5.55. The summed E-state index contributed by atoms with van der Waals surface area (Å²) >= 11 is 0. The zero-order chi connectivity index (χ0) is 25.8. The number of ether oxygens (including phenoxy) is 2. The molecule has 190 valence electrons. The molecular formula is C29H33FN2O4. The highest BCUT2D eigenvalue weighted by Crippen LogP contribution is 2.44. The minimum atomic E-state index is -1.28. The number of rotatable bonds is 4. The first kappa shape index (κ1) is 24.6. The molecule has 1 aliphatic heterocycles. The number of aryl methyl sites for hydroxylation is 3. The Kier molecular flexibility index (Phi) is 6.23. The number of carbonyl (C=O) groups is 1. The normalized spacial score (nSPS) is 16.3. The van der Waals surface area contributed by atoms with Gasteiger partial charge >= 0.3 is 5.97 Å². The molecule has 1 atom stereocenters. The van der Waals surface area contributed by atoms with Crippen LogP contribution in [0.25, 0.3) is 22.2 Å². The summed E-state index contributed by atoms with van der Waals surface area (Å²) in [5.41, 5.74) is 5.99. The number of benzene rings is 1. The van der Waals surface area contributed by atoms with E-state index in [-0.39, 0.29) is 0 Å². The molecule has 3 heterocycles. The van der Waals surface area contributed by atoms with Crippen LogP contribution in [-0.4, -0.2) is 33.3 Å². The van der Waals surface area contributed by atoms with Gasteiger partial charge in [-0.05, 0) is 102 Å². The summed E-state index contributed by atoms with van der Waals surface area (Å²) in [6, 6.07) is 3.57. The highest BCUT2D eigenvalue weighted by atomic mass is 19.1. The Hall–Kier alpha value is -3.06. The molecule has 5 rings (SSSR count). The smallest absolute Gasteiger partial charge is 0.337 e. The van der Waals surface area contributed by atoms with E-state index in [0.29, 0.717) is 46.8 Å². The number of fused-ring (bicyclic) bond motifs is 3. The molecule has 1 N–H and O–H groups in total. The van der Waals surface area contributed by atoms with E-state index in [0.717, 1.165) is 59.9 Å². The summed E-state index contributed by atoms with van der Waals surface area (Å²) in [7, 11) is 0. The maximum absolute atomic E-state index is 15.4. The lowest BCUT2D eigenvalue weighted by Crippen LogP contribution is -2.28. The first-order valence-electron chi connectivity index (χ1n) is 12.7. The van der Waals surface area contributed by atoms with Crippen molar-refractivity contribution in [2.75, 3.05) is 6.61 Å². The van der Waals surface area contributed by atoms with E-state index in [9.17, 15) is 9.90 Å². The van der Waals surface area contributed by atoms with E-state index >= 15 is 4.39 Å². The van der Waals surface area contributed by atoms with Crippen molar-refractivity contribution < 1.29 is 23.8 Å². The highest BCUT2D eigenvalue weighted by molar-refractivity contribution is 5.98. The zero-order valence-electron chi connectivity index (χ0n) is 21.6. The molecule has 1 unspecified atom stereocenters. The Morgan fingerprint density at radius 3 is 2.58 bits per heavy atom. The second-order valence-electron chi connectivity index (χ2n) is 10.9. The van der Waals surface area contributed by atoms with Crippen LogP contribution >= 0.6 is 0 Å². The zero-order valence-corrected chi connectivity index (χ0v) is 21.6. The van der Waals surface area contributed by atoms with Crippen molar-refractivity contribution in [3.05, 3.63) is 51.6 Å². The van der Waals surface area contributed by atoms with Gasteiger partial charge in [0.25, 0.3) is 0 Å². The number of hydrogen-bond donors (Lipinski definition) is 1. The third-order valence-electron chi connectivity index (χ3n) is 7.15. The first-order chi connectivity index (χ1) is 17.0. The van der Waals surface area contributed by atoms with Crippen LogP contribution in [0.15, 0.2) is 12.1 Å². The van der Waals surface area contributed by atoms with Crippen LogP contribution in [-0.2, 0) is 28.8 Å². The van der Waals surface area contributed by atoms with Crippen molar-refractivity contribution in [2.24, 2.45) is 0 Å². The Balaban J connectivity index is 1.89. The maximum atomic E-state index is 15.4. The van der Waals surface area contributed by atoms with Gasteiger partial charge in [-0.1, -0.05) is 0 Å². The molecule has 0 fully saturated rings. The van der Waals surface area contributed by atoms with E-state index in [1.807, 2.05) is 27.7 Å². The molecule has 0 spiro atoms. The van der Waals surface area contributed by atoms with Crippen LogP contribution in [0.1, 0.15) is 79.8 Å². The molecule has 1 aromatic carbocycles. The van der Waals surface area contributed by atoms with Gasteiger partial charge < -0.3 is 14.6 Å². The average molecular weight is 493 g/mol. The molecule has 0 saturated heterocycles. The van der Waals surface area contributed by atoms with E-state index in [4.69, 9.17) is 19.4 Å². The molecular weight excluding hydrogens is 459 g/mol. The largest absolute Gasteiger partial charge is 0.490 e. The van der Waals surface area contributed by atoms with Crippen LogP contribution in [0.5, 0.6) is 5.75 Å². The molecule has 0 amide bonds. The lowest BCUT2D eigenvalue weighted by Gasteiger charge is -2.29. The summed E-state index contributed by atoms with van der Waals surface area (Å²) in [5, 5.41) is 11.0. The quantitative estimate of drug-likeness (QED) is 0.467. The third-order valence-corrected chi connectivity index (χ3v) is 7.15. The van der Waals surface area contributed by atoms with E-state index in [1.165, 1.54) is 6.07 Å². The molecule has 0 saturated carbocycles. The van der Waals surface area contributed by atoms with Crippen molar-refractivity contribution >= 4 is 17.0 Å². The van der Waals surface area contributed by atoms with Crippen molar-refractivity contribution in [3.63, 3.8) is 0 Å². The average Bonchev–Trinajstić information content (AvgIpc) is 2.82. The molecule has 7 heteroatoms. The van der Waals surface area contributed by atoms with Gasteiger partial charge in [0.1, 0.15) is 0 Å². The van der Waals surface area contributed by atoms with Crippen molar-refractivity contribution in [1.29, 1.82) is 0 Å². The molecule has 0 radical (unpaired) electrons. The second kappa shape index (κ2) is 9.11. The molecule has 1 aliphatic carbocycles. The van der Waals surface area contributed by atoms with Gasteiger partial charge in [0.05, 0.1) is 12.2 Å². The number of aromatic nitrogens is 2. The van der Waals surface area contributed by atoms with Gasteiger partial charge in [-0.2, -0.15) is 0 Å². The van der Waals surface area contributed by atoms with Crippen molar-refractivity contribution in [2.45, 2.75) is 84.8 Å². The Bertz CT molecular complexity index is 1380. The van der Waals surface area contributed by atoms with Crippen LogP contribution < -0.4 is 4.74 Å².